The second kappa shape index (κ2) is 27.3. The van der Waals surface area contributed by atoms with E-state index in [2.05, 4.69) is 26.6 Å². The van der Waals surface area contributed by atoms with Gasteiger partial charge in [0.25, 0.3) is 0 Å². The molecule has 0 radical (unpaired) electrons. The van der Waals surface area contributed by atoms with Crippen molar-refractivity contribution < 1.29 is 73.2 Å². The standard InChI is InChI=1S/C49H72N10O15S/c1-26(45(69)56-20-5-9-34(56)41(65)52-27(2)49(73)74)51-44(68)39(28(3)60)55-43(67)36-11-6-21-57(36)47(71)33(25-29-13-15-30(61)16-14-29)54-40(64)32(17-18-38(62)63)53-42(66)35-10-7-22-58(35)48(72)37-12-8-23-59(37)46(70)31(50)19-24-75-4/h13-16,26-28,31-37,39,60-61H,5-12,17-25,50H2,1-4H3,(H,51,68)(H,52,65)(H,53,66)(H,54,64)(H,55,67)(H,62,63)(H,73,74)/t26-,27-,28+,31-,32-,33-,34-,35-,36-,37-,39-/m0/s1. The Morgan fingerprint density at radius 3 is 1.67 bits per heavy atom. The highest BCUT2D eigenvalue weighted by Crippen LogP contribution is 2.27. The third kappa shape index (κ3) is 15.5. The molecule has 414 valence electrons. The molecule has 0 spiro atoms. The van der Waals surface area contributed by atoms with Crippen LogP contribution < -0.4 is 32.3 Å². The maximum Gasteiger partial charge on any atom is 0.325 e. The summed E-state index contributed by atoms with van der Waals surface area (Å²) in [6.07, 6.45) is 2.19. The molecule has 1 aromatic carbocycles. The number of carboxylic acid groups (broad SMARTS) is 2. The number of carboxylic acids is 2. The number of phenolic OH excluding ortho intramolecular Hbond substituents is 1. The van der Waals surface area contributed by atoms with Crippen LogP contribution in [0.2, 0.25) is 0 Å². The van der Waals surface area contributed by atoms with Crippen LogP contribution in [0.4, 0.5) is 0 Å². The van der Waals surface area contributed by atoms with Crippen molar-refractivity contribution in [1.82, 2.24) is 46.2 Å². The number of carbonyl (C=O) groups excluding carboxylic acids is 9. The van der Waals surface area contributed by atoms with Crippen molar-refractivity contribution in [2.45, 2.75) is 164 Å². The number of hydrogen-bond donors (Lipinski definition) is 10. The van der Waals surface area contributed by atoms with Gasteiger partial charge in [0.15, 0.2) is 0 Å². The number of hydrogen-bond acceptors (Lipinski definition) is 15. The summed E-state index contributed by atoms with van der Waals surface area (Å²) >= 11 is 1.54. The van der Waals surface area contributed by atoms with Crippen LogP contribution in [0.5, 0.6) is 5.75 Å². The Morgan fingerprint density at radius 1 is 0.613 bits per heavy atom. The predicted octanol–water partition coefficient (Wildman–Crippen LogP) is -2.23. The van der Waals surface area contributed by atoms with Crippen LogP contribution in [0.3, 0.4) is 0 Å². The van der Waals surface area contributed by atoms with Crippen molar-refractivity contribution >= 4 is 76.9 Å². The third-order valence-corrected chi connectivity index (χ3v) is 14.7. The van der Waals surface area contributed by atoms with E-state index in [9.17, 15) is 73.2 Å². The zero-order valence-electron chi connectivity index (χ0n) is 42.7. The Bertz CT molecular complexity index is 2290. The first kappa shape index (κ1) is 59.3. The van der Waals surface area contributed by atoms with Crippen LogP contribution in [0.25, 0.3) is 0 Å². The van der Waals surface area contributed by atoms with Gasteiger partial charge in [0, 0.05) is 39.0 Å². The van der Waals surface area contributed by atoms with E-state index >= 15 is 0 Å². The van der Waals surface area contributed by atoms with Gasteiger partial charge in [-0.15, -0.1) is 0 Å². The Balaban J connectivity index is 1.29. The predicted molar refractivity (Wildman–Crippen MR) is 269 cm³/mol. The minimum Gasteiger partial charge on any atom is -0.508 e. The molecule has 5 rings (SSSR count). The monoisotopic (exact) mass is 1070 g/mol. The van der Waals surface area contributed by atoms with Gasteiger partial charge >= 0.3 is 11.9 Å². The zero-order chi connectivity index (χ0) is 55.3. The van der Waals surface area contributed by atoms with E-state index in [0.717, 1.165) is 0 Å². The molecular formula is C49H72N10O15S. The second-order valence-corrected chi connectivity index (χ2v) is 20.6. The highest BCUT2D eigenvalue weighted by atomic mass is 32.2. The number of nitrogens with two attached hydrogens (primary N) is 1. The number of carbonyl (C=O) groups is 11. The number of nitrogens with zero attached hydrogens (tertiary/aromatic N) is 4. The minimum atomic E-state index is -1.65. The molecule has 4 aliphatic rings. The fourth-order valence-electron chi connectivity index (χ4n) is 9.95. The number of aliphatic carboxylic acids is 2. The van der Waals surface area contributed by atoms with E-state index in [1.54, 1.807) is 0 Å². The lowest BCUT2D eigenvalue weighted by molar-refractivity contribution is -0.147. The van der Waals surface area contributed by atoms with E-state index in [1.807, 2.05) is 6.26 Å². The number of thioether (sulfide) groups is 1. The Kier molecular flexibility index (Phi) is 21.6. The number of nitrogens with one attached hydrogen (secondary N) is 5. The molecule has 1 aromatic rings. The van der Waals surface area contributed by atoms with Crippen molar-refractivity contribution in [1.29, 1.82) is 0 Å². The van der Waals surface area contributed by atoms with Gasteiger partial charge in [-0.1, -0.05) is 12.1 Å². The number of aliphatic hydroxyl groups is 1. The first-order valence-corrected chi connectivity index (χ1v) is 26.8. The molecule has 11 N–H and O–H groups in total. The molecule has 0 aliphatic carbocycles. The number of aliphatic hydroxyl groups excluding tert-OH is 1. The maximum absolute atomic E-state index is 14.7. The summed E-state index contributed by atoms with van der Waals surface area (Å²) in [5.41, 5.74) is 6.64. The molecule has 4 saturated heterocycles. The fourth-order valence-corrected chi connectivity index (χ4v) is 10.4. The minimum absolute atomic E-state index is 0.00422. The highest BCUT2D eigenvalue weighted by Gasteiger charge is 2.45. The number of rotatable bonds is 24. The molecule has 11 atom stereocenters. The number of phenols is 1. The van der Waals surface area contributed by atoms with Crippen LogP contribution in [0.15, 0.2) is 24.3 Å². The highest BCUT2D eigenvalue weighted by molar-refractivity contribution is 7.98. The number of aromatic hydroxyl groups is 1. The third-order valence-electron chi connectivity index (χ3n) is 14.1. The van der Waals surface area contributed by atoms with Crippen molar-refractivity contribution in [3.63, 3.8) is 0 Å². The molecule has 75 heavy (non-hydrogen) atoms. The van der Waals surface area contributed by atoms with E-state index in [0.29, 0.717) is 56.4 Å². The van der Waals surface area contributed by atoms with Gasteiger partial charge in [-0.25, -0.2) is 0 Å². The first-order chi connectivity index (χ1) is 35.5. The summed E-state index contributed by atoms with van der Waals surface area (Å²) in [6.45, 7) is 4.50. The van der Waals surface area contributed by atoms with Crippen LogP contribution in [-0.4, -0.2) is 210 Å². The second-order valence-electron chi connectivity index (χ2n) is 19.6. The van der Waals surface area contributed by atoms with Gasteiger partial charge in [0.1, 0.15) is 60.1 Å². The van der Waals surface area contributed by atoms with E-state index < -0.39 is 139 Å². The Labute approximate surface area is 438 Å². The van der Waals surface area contributed by atoms with Gasteiger partial charge in [-0.3, -0.25) is 52.7 Å². The lowest BCUT2D eigenvalue weighted by atomic mass is 10.0. The topological polar surface area (TPSA) is 368 Å². The molecule has 0 unspecified atom stereocenters. The summed E-state index contributed by atoms with van der Waals surface area (Å²) in [5, 5.41) is 52.2. The molecule has 26 heteroatoms. The normalized spacial score (nSPS) is 22.2. The van der Waals surface area contributed by atoms with Gasteiger partial charge < -0.3 is 72.3 Å². The van der Waals surface area contributed by atoms with Crippen molar-refractivity contribution in [2.75, 3.05) is 38.2 Å². The van der Waals surface area contributed by atoms with Crippen LogP contribution in [0.1, 0.15) is 97.0 Å². The van der Waals surface area contributed by atoms with Crippen LogP contribution in [0, 0.1) is 0 Å². The lowest BCUT2D eigenvalue weighted by Gasteiger charge is -2.33. The number of likely N-dealkylation sites (tertiary alicyclic amines) is 4. The molecular weight excluding hydrogens is 1000 g/mol. The smallest absolute Gasteiger partial charge is 0.325 e. The molecule has 25 nitrogen and oxygen atoms in total. The average Bonchev–Trinajstić information content (AvgIpc) is 4.23. The summed E-state index contributed by atoms with van der Waals surface area (Å²) < 4.78 is 0. The summed E-state index contributed by atoms with van der Waals surface area (Å²) in [7, 11) is 0. The zero-order valence-corrected chi connectivity index (χ0v) is 43.6. The summed E-state index contributed by atoms with van der Waals surface area (Å²) in [5.74, 6) is -8.44. The first-order valence-electron chi connectivity index (χ1n) is 25.4. The molecule has 0 bridgehead atoms. The lowest BCUT2D eigenvalue weighted by Crippen LogP contribution is -2.61. The van der Waals surface area contributed by atoms with Crippen molar-refractivity contribution in [2.24, 2.45) is 5.73 Å². The van der Waals surface area contributed by atoms with E-state index in [1.165, 1.54) is 76.4 Å². The van der Waals surface area contributed by atoms with Gasteiger partial charge in [-0.05, 0) is 115 Å². The average molecular weight is 1070 g/mol. The molecule has 4 heterocycles. The Hall–Kier alpha value is -6.54. The molecule has 4 fully saturated rings. The van der Waals surface area contributed by atoms with E-state index in [-0.39, 0.29) is 57.0 Å². The SMILES string of the molecule is CSCC[C@H](N)C(=O)N1CCC[C@H]1C(=O)N1CCC[C@H]1C(=O)N[C@@H](CCC(=O)O)C(=O)N[C@@H](Cc1ccc(O)cc1)C(=O)N1CCC[C@H]1C(=O)N[C@H](C(=O)N[C@@H](C)C(=O)N1CCC[C@H]1C(=O)N[C@@H](C)C(=O)O)[C@@H](C)O. The fraction of sp³-hybridized carbons (Fsp3) is 0.653. The summed E-state index contributed by atoms with van der Waals surface area (Å²) in [6, 6.07) is -6.37. The largest absolute Gasteiger partial charge is 0.508 e. The quantitative estimate of drug-likeness (QED) is 0.0524. The molecule has 9 amide bonds. The van der Waals surface area contributed by atoms with Gasteiger partial charge in [0.05, 0.1) is 12.1 Å². The van der Waals surface area contributed by atoms with Crippen LogP contribution >= 0.6 is 11.8 Å². The molecule has 4 aliphatic heterocycles. The Morgan fingerprint density at radius 2 is 1.12 bits per heavy atom. The van der Waals surface area contributed by atoms with E-state index in [4.69, 9.17) is 5.73 Å². The number of benzene rings is 1. The molecule has 0 saturated carbocycles. The summed E-state index contributed by atoms with van der Waals surface area (Å²) in [4.78, 5) is 153. The van der Waals surface area contributed by atoms with Crippen molar-refractivity contribution in [3.05, 3.63) is 29.8 Å². The van der Waals surface area contributed by atoms with Gasteiger partial charge in [-0.2, -0.15) is 11.8 Å². The molecule has 0 aromatic heterocycles. The van der Waals surface area contributed by atoms with Crippen molar-refractivity contribution in [3.8, 4) is 5.75 Å². The van der Waals surface area contributed by atoms with Gasteiger partial charge in [0.2, 0.25) is 53.2 Å². The number of amides is 9. The van der Waals surface area contributed by atoms with Crippen LogP contribution in [-0.2, 0) is 59.2 Å². The maximum atomic E-state index is 14.7.